The minimum atomic E-state index is -0.671. The molecular weight excluding hydrogens is 247 g/mol. The number of imide groups is 1. The largest absolute Gasteiger partial charge is 0.499 e. The number of carbonyl (C=O) groups excluding carboxylic acids is 2. The highest BCUT2D eigenvalue weighted by molar-refractivity contribution is 6.58. The minimum Gasteiger partial charge on any atom is -0.402 e. The molecule has 0 radical (unpaired) electrons. The first-order chi connectivity index (χ1) is 8.57. The molecule has 0 aliphatic carbocycles. The van der Waals surface area contributed by atoms with Crippen LogP contribution < -0.4 is 0 Å². The molecule has 2 aliphatic rings. The van der Waals surface area contributed by atoms with E-state index in [0.717, 1.165) is 4.90 Å². The van der Waals surface area contributed by atoms with Crippen molar-refractivity contribution >= 4 is 25.3 Å². The topological polar surface area (TPSA) is 58.9 Å². The van der Waals surface area contributed by atoms with Crippen LogP contribution in [-0.2, 0) is 14.1 Å². The first-order valence-corrected chi connectivity index (χ1v) is 6.32. The van der Waals surface area contributed by atoms with Crippen molar-refractivity contribution in [1.29, 1.82) is 0 Å². The lowest BCUT2D eigenvalue weighted by molar-refractivity contribution is -0.399. The van der Waals surface area contributed by atoms with E-state index in [1.165, 1.54) is 11.6 Å². The van der Waals surface area contributed by atoms with Crippen LogP contribution in [0, 0.1) is 0 Å². The molecule has 19 heavy (non-hydrogen) atoms. The zero-order valence-corrected chi connectivity index (χ0v) is 12.3. The molecule has 1 fully saturated rings. The van der Waals surface area contributed by atoms with Gasteiger partial charge in [-0.2, -0.15) is 9.69 Å². The Morgan fingerprint density at radius 3 is 2.16 bits per heavy atom. The average molecular weight is 267 g/mol. The Balaban J connectivity index is 2.30. The molecule has 6 nitrogen and oxygen atoms in total. The molecule has 0 spiro atoms. The lowest BCUT2D eigenvalue weighted by Gasteiger charge is -2.32. The fourth-order valence-corrected chi connectivity index (χ4v) is 2.14. The van der Waals surface area contributed by atoms with Crippen LogP contribution in [0.3, 0.4) is 0 Å². The summed E-state index contributed by atoms with van der Waals surface area (Å²) < 4.78 is 13.1. The van der Waals surface area contributed by atoms with Gasteiger partial charge in [0.25, 0.3) is 0 Å². The van der Waals surface area contributed by atoms with Gasteiger partial charge in [-0.05, 0) is 27.7 Å². The predicted octanol–water partition coefficient (Wildman–Crippen LogP) is 0.754. The number of hydrogen-bond donors (Lipinski definition) is 0. The average Bonchev–Trinajstić information content (AvgIpc) is 2.50. The highest BCUT2D eigenvalue weighted by Crippen LogP contribution is 2.40. The molecule has 104 valence electrons. The third-order valence-electron chi connectivity index (χ3n) is 4.15. The van der Waals surface area contributed by atoms with Crippen molar-refractivity contribution in [3.05, 3.63) is 0 Å². The molecule has 1 saturated heterocycles. The van der Waals surface area contributed by atoms with E-state index in [1.54, 1.807) is 13.3 Å². The van der Waals surface area contributed by atoms with E-state index < -0.39 is 24.1 Å². The van der Waals surface area contributed by atoms with E-state index in [0.29, 0.717) is 0 Å². The van der Waals surface area contributed by atoms with Crippen molar-refractivity contribution in [3.8, 4) is 0 Å². The van der Waals surface area contributed by atoms with Crippen LogP contribution in [0.1, 0.15) is 27.7 Å². The van der Waals surface area contributed by atoms with Crippen molar-refractivity contribution < 1.29 is 23.5 Å². The summed E-state index contributed by atoms with van der Waals surface area (Å²) in [5, 5.41) is 0. The number of rotatable bonds is 1. The standard InChI is InChI=1S/C12H20BN2O4/c1-11(2)12(3,4)19-13(18-11)8-7-14(5)10(17)15(6)9(8)16/h7-8H,1-6H3/q+1. The molecule has 0 bridgehead atoms. The second-order valence-corrected chi connectivity index (χ2v) is 6.09. The molecule has 0 saturated carbocycles. The van der Waals surface area contributed by atoms with E-state index in [4.69, 9.17) is 9.31 Å². The number of hydrogen-bond acceptors (Lipinski definition) is 4. The minimum absolute atomic E-state index is 0.304. The first-order valence-electron chi connectivity index (χ1n) is 6.32. The molecule has 2 rings (SSSR count). The van der Waals surface area contributed by atoms with Gasteiger partial charge in [-0.25, -0.2) is 9.37 Å². The summed E-state index contributed by atoms with van der Waals surface area (Å²) in [7, 11) is 2.41. The number of urea groups is 1. The monoisotopic (exact) mass is 267 g/mol. The summed E-state index contributed by atoms with van der Waals surface area (Å²) in [5.41, 5.74) is -0.991. The maximum Gasteiger partial charge on any atom is 0.499 e. The summed E-state index contributed by atoms with van der Waals surface area (Å²) in [6, 6.07) is -0.349. The fraction of sp³-hybridized carbons (Fsp3) is 0.750. The summed E-state index contributed by atoms with van der Waals surface area (Å²) in [4.78, 5) is 24.9. The number of amides is 3. The highest BCUT2D eigenvalue weighted by Gasteiger charge is 2.58. The fourth-order valence-electron chi connectivity index (χ4n) is 2.14. The molecule has 1 atom stereocenters. The van der Waals surface area contributed by atoms with Crippen LogP contribution >= 0.6 is 0 Å². The quantitative estimate of drug-likeness (QED) is 0.519. The highest BCUT2D eigenvalue weighted by atomic mass is 16.7. The van der Waals surface area contributed by atoms with Gasteiger partial charge in [0, 0.05) is 0 Å². The lowest BCUT2D eigenvalue weighted by Crippen LogP contribution is -2.50. The predicted molar refractivity (Wildman–Crippen MR) is 70.2 cm³/mol. The van der Waals surface area contributed by atoms with Gasteiger partial charge in [0.05, 0.1) is 31.5 Å². The van der Waals surface area contributed by atoms with Crippen LogP contribution in [0.4, 0.5) is 4.79 Å². The van der Waals surface area contributed by atoms with Gasteiger partial charge in [-0.3, -0.25) is 0 Å². The van der Waals surface area contributed by atoms with Crippen molar-refractivity contribution in [1.82, 2.24) is 4.90 Å². The molecule has 1 unspecified atom stereocenters. The second-order valence-electron chi connectivity index (χ2n) is 6.09. The van der Waals surface area contributed by atoms with Crippen LogP contribution in [0.25, 0.3) is 0 Å². The van der Waals surface area contributed by atoms with Gasteiger partial charge in [-0.15, -0.1) is 0 Å². The molecule has 0 aromatic carbocycles. The molecule has 3 amide bonds. The van der Waals surface area contributed by atoms with Crippen molar-refractivity contribution in [2.75, 3.05) is 14.1 Å². The Labute approximate surface area is 113 Å². The van der Waals surface area contributed by atoms with E-state index in [-0.39, 0.29) is 11.9 Å². The van der Waals surface area contributed by atoms with E-state index in [9.17, 15) is 9.59 Å². The lowest BCUT2D eigenvalue weighted by atomic mass is 9.71. The number of carbonyl (C=O) groups is 2. The molecule has 0 N–H and O–H groups in total. The molecule has 2 aliphatic heterocycles. The van der Waals surface area contributed by atoms with Gasteiger partial charge in [0.15, 0.2) is 5.82 Å². The Hall–Kier alpha value is -1.21. The summed E-state index contributed by atoms with van der Waals surface area (Å²) in [6.07, 6.45) is 1.56. The summed E-state index contributed by atoms with van der Waals surface area (Å²) in [6.45, 7) is 7.72. The summed E-state index contributed by atoms with van der Waals surface area (Å²) >= 11 is 0. The van der Waals surface area contributed by atoms with Gasteiger partial charge in [-0.1, -0.05) is 0 Å². The van der Waals surface area contributed by atoms with Crippen molar-refractivity contribution in [3.63, 3.8) is 0 Å². The summed E-state index contributed by atoms with van der Waals surface area (Å²) in [5.74, 6) is -0.907. The van der Waals surface area contributed by atoms with E-state index in [1.807, 2.05) is 27.7 Å². The van der Waals surface area contributed by atoms with Crippen molar-refractivity contribution in [2.24, 2.45) is 0 Å². The van der Waals surface area contributed by atoms with Gasteiger partial charge in [0.2, 0.25) is 0 Å². The normalized spacial score (nSPS) is 29.8. The molecule has 0 aromatic heterocycles. The van der Waals surface area contributed by atoms with E-state index >= 15 is 0 Å². The zero-order valence-electron chi connectivity index (χ0n) is 12.3. The van der Waals surface area contributed by atoms with Gasteiger partial charge in [0.1, 0.15) is 0 Å². The molecule has 2 heterocycles. The smallest absolute Gasteiger partial charge is 0.402 e. The molecule has 7 heteroatoms. The maximum absolute atomic E-state index is 12.2. The van der Waals surface area contributed by atoms with E-state index in [2.05, 4.69) is 0 Å². The van der Waals surface area contributed by atoms with Crippen molar-refractivity contribution in [2.45, 2.75) is 44.7 Å². The Morgan fingerprint density at radius 1 is 1.21 bits per heavy atom. The van der Waals surface area contributed by atoms with Crippen LogP contribution in [0.5, 0.6) is 0 Å². The maximum atomic E-state index is 12.2. The molecular formula is C12H20BN2O4+. The van der Waals surface area contributed by atoms with Gasteiger partial charge >= 0.3 is 19.1 Å². The van der Waals surface area contributed by atoms with Crippen LogP contribution in [0.15, 0.2) is 0 Å². The molecule has 0 aromatic rings. The second kappa shape index (κ2) is 4.14. The third-order valence-corrected chi connectivity index (χ3v) is 4.15. The number of nitrogens with zero attached hydrogens (tertiary/aromatic N) is 2. The van der Waals surface area contributed by atoms with Crippen LogP contribution in [0.2, 0.25) is 5.82 Å². The van der Waals surface area contributed by atoms with Crippen LogP contribution in [-0.4, -0.2) is 60.0 Å². The van der Waals surface area contributed by atoms with Gasteiger partial charge < -0.3 is 9.31 Å². The Kier molecular flexibility index (Phi) is 3.10. The Morgan fingerprint density at radius 2 is 1.68 bits per heavy atom. The third kappa shape index (κ3) is 2.10. The Bertz CT molecular complexity index is 456. The SMILES string of the molecule is CN1C(=O)C(B2OC(C)(C)C(C)(C)O2)C=[N+](C)C1=O. The first kappa shape index (κ1) is 14.2. The zero-order chi connectivity index (χ0) is 14.6.